The molecule has 0 aromatic heterocycles. The average molecular weight is 372 g/mol. The summed E-state index contributed by atoms with van der Waals surface area (Å²) < 4.78 is 0. The van der Waals surface area contributed by atoms with Gasteiger partial charge in [-0.25, -0.2) is 0 Å². The number of benzene rings is 2. The molecule has 136 valence electrons. The number of carbonyl (C=O) groups is 1. The Balaban J connectivity index is 1.66. The van der Waals surface area contributed by atoms with Gasteiger partial charge < -0.3 is 15.1 Å². The lowest BCUT2D eigenvalue weighted by Gasteiger charge is -2.33. The Morgan fingerprint density at radius 3 is 2.65 bits per heavy atom. The molecule has 5 heteroatoms. The monoisotopic (exact) mass is 371 g/mol. The van der Waals surface area contributed by atoms with Crippen molar-refractivity contribution < 1.29 is 15.0 Å². The summed E-state index contributed by atoms with van der Waals surface area (Å²) in [6.07, 6.45) is 2.44. The van der Waals surface area contributed by atoms with Crippen LogP contribution in [0.4, 0.5) is 0 Å². The zero-order valence-electron chi connectivity index (χ0n) is 14.4. The SMILES string of the molecule is O=C(C1CCCc2c(O)cccc21)N1CC[C@@H](O)[C@H]1c1ccc(Cl)cc1. The summed E-state index contributed by atoms with van der Waals surface area (Å²) in [5.74, 6) is 0.0507. The molecule has 1 heterocycles. The highest BCUT2D eigenvalue weighted by Crippen LogP contribution is 2.41. The predicted molar refractivity (Wildman–Crippen MR) is 100 cm³/mol. The maximum atomic E-state index is 13.4. The van der Waals surface area contributed by atoms with E-state index in [1.807, 2.05) is 18.2 Å². The summed E-state index contributed by atoms with van der Waals surface area (Å²) in [7, 11) is 0. The zero-order valence-corrected chi connectivity index (χ0v) is 15.2. The number of fused-ring (bicyclic) bond motifs is 1. The van der Waals surface area contributed by atoms with E-state index < -0.39 is 6.10 Å². The number of carbonyl (C=O) groups excluding carboxylic acids is 1. The smallest absolute Gasteiger partial charge is 0.230 e. The van der Waals surface area contributed by atoms with E-state index in [9.17, 15) is 15.0 Å². The molecule has 0 spiro atoms. The summed E-state index contributed by atoms with van der Waals surface area (Å²) in [6, 6.07) is 12.4. The lowest BCUT2D eigenvalue weighted by Crippen LogP contribution is -2.37. The molecule has 4 nitrogen and oxygen atoms in total. The van der Waals surface area contributed by atoms with Crippen LogP contribution in [0.1, 0.15) is 47.9 Å². The summed E-state index contributed by atoms with van der Waals surface area (Å²) >= 11 is 5.98. The van der Waals surface area contributed by atoms with E-state index in [4.69, 9.17) is 11.6 Å². The fourth-order valence-electron chi connectivity index (χ4n) is 4.37. The van der Waals surface area contributed by atoms with Crippen molar-refractivity contribution in [3.63, 3.8) is 0 Å². The average Bonchev–Trinajstić information content (AvgIpc) is 3.03. The minimum absolute atomic E-state index is 0.0352. The Morgan fingerprint density at radius 1 is 1.12 bits per heavy atom. The molecule has 0 bridgehead atoms. The minimum atomic E-state index is -0.577. The molecule has 1 aliphatic heterocycles. The number of aliphatic hydroxyl groups is 1. The van der Waals surface area contributed by atoms with Gasteiger partial charge in [0.1, 0.15) is 5.75 Å². The van der Waals surface area contributed by atoms with E-state index in [-0.39, 0.29) is 23.6 Å². The maximum Gasteiger partial charge on any atom is 0.230 e. The van der Waals surface area contributed by atoms with Crippen LogP contribution in [0.15, 0.2) is 42.5 Å². The van der Waals surface area contributed by atoms with E-state index in [2.05, 4.69) is 0 Å². The first-order valence-electron chi connectivity index (χ1n) is 9.11. The maximum absolute atomic E-state index is 13.4. The van der Waals surface area contributed by atoms with Gasteiger partial charge in [-0.15, -0.1) is 0 Å². The van der Waals surface area contributed by atoms with Gasteiger partial charge in [-0.2, -0.15) is 0 Å². The Kier molecular flexibility index (Phi) is 4.63. The van der Waals surface area contributed by atoms with Gasteiger partial charge in [0, 0.05) is 11.6 Å². The first-order chi connectivity index (χ1) is 12.6. The fourth-order valence-corrected chi connectivity index (χ4v) is 4.50. The number of halogens is 1. The molecular weight excluding hydrogens is 350 g/mol. The van der Waals surface area contributed by atoms with Gasteiger partial charge in [0.05, 0.1) is 18.1 Å². The summed E-state index contributed by atoms with van der Waals surface area (Å²) in [5, 5.41) is 21.3. The fraction of sp³-hybridized carbons (Fsp3) is 0.381. The second kappa shape index (κ2) is 6.93. The van der Waals surface area contributed by atoms with Gasteiger partial charge in [-0.3, -0.25) is 4.79 Å². The minimum Gasteiger partial charge on any atom is -0.508 e. The molecule has 4 rings (SSSR count). The molecule has 3 atom stereocenters. The number of nitrogens with zero attached hydrogens (tertiary/aromatic N) is 1. The first-order valence-corrected chi connectivity index (χ1v) is 9.49. The van der Waals surface area contributed by atoms with Gasteiger partial charge in [-0.05, 0) is 60.6 Å². The highest BCUT2D eigenvalue weighted by Gasteiger charge is 2.41. The third-order valence-electron chi connectivity index (χ3n) is 5.64. The largest absolute Gasteiger partial charge is 0.508 e. The van der Waals surface area contributed by atoms with Gasteiger partial charge in [0.25, 0.3) is 0 Å². The number of phenols is 1. The number of hydrogen-bond donors (Lipinski definition) is 2. The number of rotatable bonds is 2. The number of likely N-dealkylation sites (tertiary alicyclic amines) is 1. The lowest BCUT2D eigenvalue weighted by atomic mass is 9.81. The van der Waals surface area contributed by atoms with Crippen molar-refractivity contribution in [2.45, 2.75) is 43.7 Å². The highest BCUT2D eigenvalue weighted by molar-refractivity contribution is 6.30. The van der Waals surface area contributed by atoms with E-state index >= 15 is 0 Å². The Bertz CT molecular complexity index is 821. The molecule has 26 heavy (non-hydrogen) atoms. The Morgan fingerprint density at radius 2 is 1.88 bits per heavy atom. The van der Waals surface area contributed by atoms with Gasteiger partial charge in [0.15, 0.2) is 0 Å². The van der Waals surface area contributed by atoms with Crippen LogP contribution >= 0.6 is 11.6 Å². The molecule has 2 aromatic carbocycles. The van der Waals surface area contributed by atoms with Crippen molar-refractivity contribution in [2.75, 3.05) is 6.54 Å². The van der Waals surface area contributed by atoms with Crippen molar-refractivity contribution in [3.05, 3.63) is 64.2 Å². The van der Waals surface area contributed by atoms with Gasteiger partial charge in [-0.1, -0.05) is 35.9 Å². The van der Waals surface area contributed by atoms with Crippen LogP contribution in [0.3, 0.4) is 0 Å². The quantitative estimate of drug-likeness (QED) is 0.844. The third kappa shape index (κ3) is 2.97. The molecule has 1 fully saturated rings. The Labute approximate surface area is 158 Å². The van der Waals surface area contributed by atoms with Crippen molar-refractivity contribution in [1.82, 2.24) is 4.90 Å². The summed E-state index contributed by atoms with van der Waals surface area (Å²) in [6.45, 7) is 0.540. The molecule has 1 amide bonds. The molecule has 2 aromatic rings. The highest BCUT2D eigenvalue weighted by atomic mass is 35.5. The number of phenolic OH excluding ortho intramolecular Hbond substituents is 1. The molecule has 1 aliphatic carbocycles. The first kappa shape index (κ1) is 17.4. The summed E-state index contributed by atoms with van der Waals surface area (Å²) in [5.41, 5.74) is 2.72. The van der Waals surface area contributed by atoms with Crippen molar-refractivity contribution in [2.24, 2.45) is 0 Å². The number of aromatic hydroxyl groups is 1. The topological polar surface area (TPSA) is 60.8 Å². The molecule has 1 saturated heterocycles. The van der Waals surface area contributed by atoms with Crippen molar-refractivity contribution >= 4 is 17.5 Å². The van der Waals surface area contributed by atoms with E-state index in [1.54, 1.807) is 29.2 Å². The standard InChI is InChI=1S/C21H22ClNO3/c22-14-9-7-13(8-10-14)20-19(25)11-12-23(20)21(26)17-5-1-4-16-15(17)3-2-6-18(16)24/h2-3,6-10,17,19-20,24-25H,1,4-5,11-12H2/t17?,19-,20-/m1/s1. The van der Waals surface area contributed by atoms with Crippen LogP contribution in [0.5, 0.6) is 5.75 Å². The zero-order chi connectivity index (χ0) is 18.3. The predicted octanol–water partition coefficient (Wildman–Crippen LogP) is 3.80. The molecule has 1 unspecified atom stereocenters. The number of amides is 1. The van der Waals surface area contributed by atoms with E-state index in [0.29, 0.717) is 18.0 Å². The van der Waals surface area contributed by atoms with Gasteiger partial charge in [0.2, 0.25) is 5.91 Å². The number of hydrogen-bond acceptors (Lipinski definition) is 3. The molecule has 2 aliphatic rings. The van der Waals surface area contributed by atoms with Crippen LogP contribution in [0.25, 0.3) is 0 Å². The number of aliphatic hydroxyl groups excluding tert-OH is 1. The van der Waals surface area contributed by atoms with E-state index in [1.165, 1.54) is 0 Å². The van der Waals surface area contributed by atoms with Crippen LogP contribution in [-0.2, 0) is 11.2 Å². The van der Waals surface area contributed by atoms with Crippen molar-refractivity contribution in [1.29, 1.82) is 0 Å². The lowest BCUT2D eigenvalue weighted by molar-refractivity contribution is -0.135. The van der Waals surface area contributed by atoms with Crippen LogP contribution < -0.4 is 0 Å². The molecule has 2 N–H and O–H groups in total. The van der Waals surface area contributed by atoms with Crippen molar-refractivity contribution in [3.8, 4) is 5.75 Å². The van der Waals surface area contributed by atoms with Crippen LogP contribution in [0, 0.1) is 0 Å². The van der Waals surface area contributed by atoms with Gasteiger partial charge >= 0.3 is 0 Å². The van der Waals surface area contributed by atoms with Crippen LogP contribution in [-0.4, -0.2) is 33.7 Å². The van der Waals surface area contributed by atoms with Crippen LogP contribution in [0.2, 0.25) is 5.02 Å². The normalized spacial score (nSPS) is 25.2. The Hall–Kier alpha value is -2.04. The second-order valence-corrected chi connectivity index (χ2v) is 7.61. The molecule has 0 radical (unpaired) electrons. The molecular formula is C21H22ClNO3. The second-order valence-electron chi connectivity index (χ2n) is 7.17. The molecule has 0 saturated carbocycles. The van der Waals surface area contributed by atoms with E-state index in [0.717, 1.165) is 36.0 Å². The summed E-state index contributed by atoms with van der Waals surface area (Å²) in [4.78, 5) is 15.2. The third-order valence-corrected chi connectivity index (χ3v) is 5.89.